The number of carbonyl (C=O) groups excluding carboxylic acids is 1. The molecular weight excluding hydrogens is 318 g/mol. The molecule has 0 spiro atoms. The Bertz CT molecular complexity index is 613. The second-order valence-electron chi connectivity index (χ2n) is 5.54. The highest BCUT2D eigenvalue weighted by Crippen LogP contribution is 2.22. The predicted molar refractivity (Wildman–Crippen MR) is 101 cm³/mol. The van der Waals surface area contributed by atoms with Gasteiger partial charge in [0, 0.05) is 11.4 Å². The molecule has 0 aromatic heterocycles. The van der Waals surface area contributed by atoms with Gasteiger partial charge < -0.3 is 10.1 Å². The van der Waals surface area contributed by atoms with E-state index in [1.165, 1.54) is 5.56 Å². The summed E-state index contributed by atoms with van der Waals surface area (Å²) in [5.41, 5.74) is 1.26. The van der Waals surface area contributed by atoms with Crippen LogP contribution >= 0.6 is 11.8 Å². The van der Waals surface area contributed by atoms with E-state index in [1.807, 2.05) is 56.3 Å². The third kappa shape index (κ3) is 6.28. The molecule has 0 unspecified atom stereocenters. The Labute approximate surface area is 148 Å². The average molecular weight is 343 g/mol. The number of carbonyl (C=O) groups is 1. The van der Waals surface area contributed by atoms with Gasteiger partial charge in [0.15, 0.2) is 0 Å². The maximum absolute atomic E-state index is 12.1. The number of thioether (sulfide) groups is 1. The largest absolute Gasteiger partial charge is 0.494 e. The van der Waals surface area contributed by atoms with Crippen LogP contribution in [-0.4, -0.2) is 24.3 Å². The molecule has 0 aliphatic carbocycles. The highest BCUT2D eigenvalue weighted by atomic mass is 32.2. The summed E-state index contributed by atoms with van der Waals surface area (Å²) in [7, 11) is 0. The Morgan fingerprint density at radius 1 is 1.12 bits per heavy atom. The molecule has 0 bridgehead atoms. The van der Waals surface area contributed by atoms with E-state index in [9.17, 15) is 4.79 Å². The number of aryl methyl sites for hydroxylation is 1. The molecule has 0 saturated heterocycles. The maximum Gasteiger partial charge on any atom is 0.233 e. The Morgan fingerprint density at radius 3 is 2.50 bits per heavy atom. The summed E-state index contributed by atoms with van der Waals surface area (Å²) in [6.07, 6.45) is 1.88. The first kappa shape index (κ1) is 18.4. The van der Waals surface area contributed by atoms with Gasteiger partial charge in [-0.15, -0.1) is 11.8 Å². The number of rotatable bonds is 9. The highest BCUT2D eigenvalue weighted by Gasteiger charge is 2.13. The SMILES string of the molecule is CCOc1ccc(CCCNC(=O)[C@@H](C)Sc2ccccc2)cc1. The molecule has 0 aliphatic heterocycles. The number of hydrogen-bond donors (Lipinski definition) is 1. The molecule has 2 rings (SSSR count). The van der Waals surface area contributed by atoms with Crippen LogP contribution in [0.15, 0.2) is 59.5 Å². The maximum atomic E-state index is 12.1. The summed E-state index contributed by atoms with van der Waals surface area (Å²) in [5.74, 6) is 0.997. The highest BCUT2D eigenvalue weighted by molar-refractivity contribution is 8.00. The molecule has 2 aromatic carbocycles. The van der Waals surface area contributed by atoms with E-state index in [2.05, 4.69) is 17.4 Å². The predicted octanol–water partition coefficient (Wildman–Crippen LogP) is 4.31. The van der Waals surface area contributed by atoms with Crippen molar-refractivity contribution in [2.24, 2.45) is 0 Å². The molecule has 0 saturated carbocycles. The lowest BCUT2D eigenvalue weighted by Gasteiger charge is -2.12. The lowest BCUT2D eigenvalue weighted by Crippen LogP contribution is -2.31. The van der Waals surface area contributed by atoms with Crippen molar-refractivity contribution in [1.82, 2.24) is 5.32 Å². The first-order valence-corrected chi connectivity index (χ1v) is 9.28. The first-order valence-electron chi connectivity index (χ1n) is 8.40. The number of ether oxygens (including phenoxy) is 1. The number of nitrogens with one attached hydrogen (secondary N) is 1. The summed E-state index contributed by atoms with van der Waals surface area (Å²) < 4.78 is 5.43. The molecule has 1 N–H and O–H groups in total. The lowest BCUT2D eigenvalue weighted by atomic mass is 10.1. The lowest BCUT2D eigenvalue weighted by molar-refractivity contribution is -0.120. The molecule has 0 heterocycles. The van der Waals surface area contributed by atoms with Crippen LogP contribution in [0.3, 0.4) is 0 Å². The molecule has 1 atom stereocenters. The van der Waals surface area contributed by atoms with Gasteiger partial charge in [0.05, 0.1) is 11.9 Å². The fourth-order valence-corrected chi connectivity index (χ4v) is 3.24. The van der Waals surface area contributed by atoms with Crippen LogP contribution in [0.5, 0.6) is 5.75 Å². The summed E-state index contributed by atoms with van der Waals surface area (Å²) in [5, 5.41) is 2.93. The van der Waals surface area contributed by atoms with E-state index in [1.54, 1.807) is 11.8 Å². The van der Waals surface area contributed by atoms with E-state index < -0.39 is 0 Å². The molecule has 0 aliphatic rings. The summed E-state index contributed by atoms with van der Waals surface area (Å²) in [6.45, 7) is 5.31. The third-order valence-corrected chi connectivity index (χ3v) is 4.71. The minimum Gasteiger partial charge on any atom is -0.494 e. The zero-order valence-electron chi connectivity index (χ0n) is 14.3. The third-order valence-electron chi connectivity index (χ3n) is 3.60. The standard InChI is InChI=1S/C20H25NO2S/c1-3-23-18-13-11-17(12-14-18)8-7-15-21-20(22)16(2)24-19-9-5-4-6-10-19/h4-6,9-14,16H,3,7-8,15H2,1-2H3,(H,21,22)/t16-/m1/s1. The first-order chi connectivity index (χ1) is 11.7. The second-order valence-corrected chi connectivity index (χ2v) is 6.96. The topological polar surface area (TPSA) is 38.3 Å². The van der Waals surface area contributed by atoms with Crippen molar-refractivity contribution < 1.29 is 9.53 Å². The average Bonchev–Trinajstić information content (AvgIpc) is 2.61. The van der Waals surface area contributed by atoms with Gasteiger partial charge in [-0.1, -0.05) is 30.3 Å². The Morgan fingerprint density at radius 2 is 1.83 bits per heavy atom. The fraction of sp³-hybridized carbons (Fsp3) is 0.350. The fourth-order valence-electron chi connectivity index (χ4n) is 2.32. The smallest absolute Gasteiger partial charge is 0.233 e. The monoisotopic (exact) mass is 343 g/mol. The van der Waals surface area contributed by atoms with Crippen LogP contribution < -0.4 is 10.1 Å². The Balaban J connectivity index is 1.66. The molecule has 4 heteroatoms. The van der Waals surface area contributed by atoms with Gasteiger partial charge in [0.25, 0.3) is 0 Å². The number of benzene rings is 2. The second kappa shape index (κ2) is 10.0. The quantitative estimate of drug-likeness (QED) is 0.544. The van der Waals surface area contributed by atoms with Crippen LogP contribution in [0.2, 0.25) is 0 Å². The van der Waals surface area contributed by atoms with E-state index in [4.69, 9.17) is 4.74 Å². The molecule has 3 nitrogen and oxygen atoms in total. The van der Waals surface area contributed by atoms with Gasteiger partial charge >= 0.3 is 0 Å². The van der Waals surface area contributed by atoms with E-state index >= 15 is 0 Å². The minimum absolute atomic E-state index is 0.0853. The van der Waals surface area contributed by atoms with Crippen molar-refractivity contribution in [1.29, 1.82) is 0 Å². The van der Waals surface area contributed by atoms with Gasteiger partial charge in [-0.25, -0.2) is 0 Å². The summed E-state index contributed by atoms with van der Waals surface area (Å²) in [4.78, 5) is 13.2. The van der Waals surface area contributed by atoms with E-state index in [-0.39, 0.29) is 11.2 Å². The van der Waals surface area contributed by atoms with Crippen molar-refractivity contribution in [3.63, 3.8) is 0 Å². The summed E-state index contributed by atoms with van der Waals surface area (Å²) >= 11 is 1.59. The molecule has 2 aromatic rings. The zero-order chi connectivity index (χ0) is 17.2. The van der Waals surface area contributed by atoms with Crippen LogP contribution in [-0.2, 0) is 11.2 Å². The molecular formula is C20H25NO2S. The normalized spacial score (nSPS) is 11.8. The molecule has 0 fully saturated rings. The zero-order valence-corrected chi connectivity index (χ0v) is 15.1. The van der Waals surface area contributed by atoms with Crippen LogP contribution in [0.25, 0.3) is 0 Å². The van der Waals surface area contributed by atoms with Crippen molar-refractivity contribution >= 4 is 17.7 Å². The van der Waals surface area contributed by atoms with Crippen molar-refractivity contribution in [3.05, 3.63) is 60.2 Å². The van der Waals surface area contributed by atoms with E-state index in [0.717, 1.165) is 23.5 Å². The van der Waals surface area contributed by atoms with Gasteiger partial charge in [-0.3, -0.25) is 4.79 Å². The van der Waals surface area contributed by atoms with Crippen LogP contribution in [0, 0.1) is 0 Å². The van der Waals surface area contributed by atoms with Gasteiger partial charge in [-0.05, 0) is 56.5 Å². The molecule has 128 valence electrons. The van der Waals surface area contributed by atoms with Gasteiger partial charge in [0.2, 0.25) is 5.91 Å². The minimum atomic E-state index is -0.0853. The van der Waals surface area contributed by atoms with E-state index in [0.29, 0.717) is 13.2 Å². The Hall–Kier alpha value is -1.94. The Kier molecular flexibility index (Phi) is 7.69. The van der Waals surface area contributed by atoms with Gasteiger partial charge in [0.1, 0.15) is 5.75 Å². The molecule has 24 heavy (non-hydrogen) atoms. The summed E-state index contributed by atoms with van der Waals surface area (Å²) in [6, 6.07) is 18.2. The van der Waals surface area contributed by atoms with Crippen molar-refractivity contribution in [2.75, 3.05) is 13.2 Å². The molecule has 0 radical (unpaired) electrons. The van der Waals surface area contributed by atoms with Gasteiger partial charge in [-0.2, -0.15) is 0 Å². The number of amides is 1. The number of hydrogen-bond acceptors (Lipinski definition) is 3. The van der Waals surface area contributed by atoms with Crippen LogP contribution in [0.1, 0.15) is 25.8 Å². The van der Waals surface area contributed by atoms with Crippen molar-refractivity contribution in [3.8, 4) is 5.75 Å². The molecule has 1 amide bonds. The van der Waals surface area contributed by atoms with Crippen LogP contribution in [0.4, 0.5) is 0 Å². The van der Waals surface area contributed by atoms with Crippen molar-refractivity contribution in [2.45, 2.75) is 36.8 Å².